The van der Waals surface area contributed by atoms with E-state index in [0.717, 1.165) is 10.8 Å². The summed E-state index contributed by atoms with van der Waals surface area (Å²) in [6.45, 7) is 2.04. The van der Waals surface area contributed by atoms with Crippen molar-refractivity contribution in [1.29, 1.82) is 0 Å². The highest BCUT2D eigenvalue weighted by atomic mass is 32.2. The van der Waals surface area contributed by atoms with E-state index in [2.05, 4.69) is 10.3 Å². The van der Waals surface area contributed by atoms with Gasteiger partial charge in [-0.1, -0.05) is 6.92 Å². The van der Waals surface area contributed by atoms with Crippen LogP contribution in [0.3, 0.4) is 0 Å². The Kier molecular flexibility index (Phi) is 5.64. The highest BCUT2D eigenvalue weighted by Crippen LogP contribution is 2.14. The maximum Gasteiger partial charge on any atom is 0.253 e. The van der Waals surface area contributed by atoms with Gasteiger partial charge >= 0.3 is 0 Å². The van der Waals surface area contributed by atoms with Gasteiger partial charge in [0.15, 0.2) is 0 Å². The van der Waals surface area contributed by atoms with E-state index in [1.165, 1.54) is 11.1 Å². The van der Waals surface area contributed by atoms with E-state index in [-0.39, 0.29) is 18.4 Å². The molecular weight excluding hydrogens is 250 g/mol. The van der Waals surface area contributed by atoms with Crippen molar-refractivity contribution in [3.63, 3.8) is 0 Å². The Balaban J connectivity index is 2.54. The lowest BCUT2D eigenvalue weighted by Crippen LogP contribution is -2.36. The number of hydrogen-bond acceptors (Lipinski definition) is 4. The molecule has 0 aliphatic carbocycles. The van der Waals surface area contributed by atoms with Crippen molar-refractivity contribution >= 4 is 23.6 Å². The minimum absolute atomic E-state index is 0.00268. The number of rotatable bonds is 5. The molecular formula is C12H17N3O2S. The number of amides is 2. The summed E-state index contributed by atoms with van der Waals surface area (Å²) in [5.41, 5.74) is 0.460. The van der Waals surface area contributed by atoms with Crippen LogP contribution >= 0.6 is 11.8 Å². The van der Waals surface area contributed by atoms with Gasteiger partial charge in [-0.2, -0.15) is 0 Å². The molecule has 0 aromatic carbocycles. The van der Waals surface area contributed by atoms with E-state index >= 15 is 0 Å². The van der Waals surface area contributed by atoms with Crippen LogP contribution in [0.5, 0.6) is 0 Å². The van der Waals surface area contributed by atoms with Gasteiger partial charge < -0.3 is 10.2 Å². The molecule has 2 amide bonds. The minimum Gasteiger partial charge on any atom is -0.347 e. The number of likely N-dealkylation sites (N-methyl/N-ethyl adjacent to an activating group) is 1. The molecule has 1 heterocycles. The van der Waals surface area contributed by atoms with Gasteiger partial charge in [0.25, 0.3) is 5.91 Å². The lowest BCUT2D eigenvalue weighted by molar-refractivity contribution is -0.127. The molecule has 0 bridgehead atoms. The van der Waals surface area contributed by atoms with E-state index < -0.39 is 0 Å². The van der Waals surface area contributed by atoms with E-state index in [1.54, 1.807) is 38.0 Å². The predicted molar refractivity (Wildman–Crippen MR) is 71.7 cm³/mol. The minimum atomic E-state index is -0.286. The average Bonchev–Trinajstić information content (AvgIpc) is 2.36. The summed E-state index contributed by atoms with van der Waals surface area (Å²) >= 11 is 1.61. The summed E-state index contributed by atoms with van der Waals surface area (Å²) in [6.07, 6.45) is 1.52. The summed E-state index contributed by atoms with van der Waals surface area (Å²) in [5, 5.41) is 3.44. The highest BCUT2D eigenvalue weighted by molar-refractivity contribution is 7.99. The Labute approximate surface area is 111 Å². The maximum absolute atomic E-state index is 11.7. The van der Waals surface area contributed by atoms with Gasteiger partial charge in [-0.15, -0.1) is 11.8 Å². The van der Waals surface area contributed by atoms with Crippen molar-refractivity contribution < 1.29 is 9.59 Å². The highest BCUT2D eigenvalue weighted by Gasteiger charge is 2.09. The van der Waals surface area contributed by atoms with Gasteiger partial charge in [0.2, 0.25) is 5.91 Å². The predicted octanol–water partition coefficient (Wildman–Crippen LogP) is 1.01. The Morgan fingerprint density at radius 1 is 1.39 bits per heavy atom. The molecule has 0 saturated carbocycles. The molecule has 5 nitrogen and oxygen atoms in total. The summed E-state index contributed by atoms with van der Waals surface area (Å²) in [4.78, 5) is 28.6. The fraction of sp³-hybridized carbons (Fsp3) is 0.417. The first-order valence-electron chi connectivity index (χ1n) is 5.61. The second-order valence-corrected chi connectivity index (χ2v) is 5.07. The van der Waals surface area contributed by atoms with Crippen LogP contribution in [0.2, 0.25) is 0 Å². The van der Waals surface area contributed by atoms with Crippen molar-refractivity contribution in [3.05, 3.63) is 23.9 Å². The fourth-order valence-corrected chi connectivity index (χ4v) is 1.75. The van der Waals surface area contributed by atoms with Crippen molar-refractivity contribution in [1.82, 2.24) is 15.2 Å². The maximum atomic E-state index is 11.7. The molecule has 1 aromatic rings. The monoisotopic (exact) mass is 267 g/mol. The molecule has 1 aromatic heterocycles. The average molecular weight is 267 g/mol. The number of nitrogens with zero attached hydrogens (tertiary/aromatic N) is 2. The number of nitrogens with one attached hydrogen (secondary N) is 1. The van der Waals surface area contributed by atoms with Crippen LogP contribution in [-0.4, -0.2) is 48.1 Å². The molecule has 0 aliphatic heterocycles. The van der Waals surface area contributed by atoms with Gasteiger partial charge in [0.05, 0.1) is 17.1 Å². The number of carbonyl (C=O) groups excluding carboxylic acids is 2. The van der Waals surface area contributed by atoms with Crippen LogP contribution < -0.4 is 5.32 Å². The third-order valence-corrected chi connectivity index (χ3v) is 3.02. The van der Waals surface area contributed by atoms with E-state index in [1.807, 2.05) is 6.92 Å². The number of pyridine rings is 1. The second-order valence-electron chi connectivity index (χ2n) is 3.79. The standard InChI is InChI=1S/C12H17N3O2S/c1-4-18-10-6-5-9(7-13-10)12(17)14-8-11(16)15(2)3/h5-7H,4,8H2,1-3H3,(H,14,17). The lowest BCUT2D eigenvalue weighted by atomic mass is 10.3. The normalized spacial score (nSPS) is 9.94. The quantitative estimate of drug-likeness (QED) is 0.809. The Morgan fingerprint density at radius 2 is 2.11 bits per heavy atom. The number of aromatic nitrogens is 1. The van der Waals surface area contributed by atoms with Crippen LogP contribution in [-0.2, 0) is 4.79 Å². The second kappa shape index (κ2) is 7.00. The third-order valence-electron chi connectivity index (χ3n) is 2.19. The molecule has 0 unspecified atom stereocenters. The Hall–Kier alpha value is -1.56. The van der Waals surface area contributed by atoms with Crippen LogP contribution in [0, 0.1) is 0 Å². The first-order chi connectivity index (χ1) is 8.54. The summed E-state index contributed by atoms with van der Waals surface area (Å²) < 4.78 is 0. The van der Waals surface area contributed by atoms with Gasteiger partial charge in [0, 0.05) is 20.3 Å². The third kappa shape index (κ3) is 4.37. The molecule has 18 heavy (non-hydrogen) atoms. The molecule has 0 saturated heterocycles. The van der Waals surface area contributed by atoms with E-state index in [4.69, 9.17) is 0 Å². The van der Waals surface area contributed by atoms with Gasteiger partial charge in [-0.05, 0) is 17.9 Å². The van der Waals surface area contributed by atoms with Crippen molar-refractivity contribution in [2.24, 2.45) is 0 Å². The zero-order valence-electron chi connectivity index (χ0n) is 10.8. The SMILES string of the molecule is CCSc1ccc(C(=O)NCC(=O)N(C)C)cn1. The molecule has 1 N–H and O–H groups in total. The lowest BCUT2D eigenvalue weighted by Gasteiger charge is -2.10. The number of carbonyl (C=O) groups is 2. The molecule has 0 atom stereocenters. The summed E-state index contributed by atoms with van der Waals surface area (Å²) in [5.74, 6) is 0.510. The number of hydrogen-bond donors (Lipinski definition) is 1. The van der Waals surface area contributed by atoms with Crippen molar-refractivity contribution in [2.45, 2.75) is 11.9 Å². The van der Waals surface area contributed by atoms with Gasteiger partial charge in [0.1, 0.15) is 0 Å². The molecule has 0 radical (unpaired) electrons. The smallest absolute Gasteiger partial charge is 0.253 e. The summed E-state index contributed by atoms with van der Waals surface area (Å²) in [6, 6.07) is 3.51. The first kappa shape index (κ1) is 14.5. The summed E-state index contributed by atoms with van der Waals surface area (Å²) in [7, 11) is 3.29. The zero-order chi connectivity index (χ0) is 13.5. The molecule has 1 rings (SSSR count). The van der Waals surface area contributed by atoms with Crippen molar-refractivity contribution in [3.8, 4) is 0 Å². The van der Waals surface area contributed by atoms with E-state index in [0.29, 0.717) is 5.56 Å². The number of thioether (sulfide) groups is 1. The topological polar surface area (TPSA) is 62.3 Å². The molecule has 0 fully saturated rings. The first-order valence-corrected chi connectivity index (χ1v) is 6.60. The van der Waals surface area contributed by atoms with Crippen LogP contribution in [0.15, 0.2) is 23.4 Å². The molecule has 0 spiro atoms. The largest absolute Gasteiger partial charge is 0.347 e. The van der Waals surface area contributed by atoms with Crippen LogP contribution in [0.25, 0.3) is 0 Å². The molecule has 6 heteroatoms. The fourth-order valence-electron chi connectivity index (χ4n) is 1.16. The zero-order valence-corrected chi connectivity index (χ0v) is 11.6. The van der Waals surface area contributed by atoms with Gasteiger partial charge in [-0.25, -0.2) is 4.98 Å². The van der Waals surface area contributed by atoms with Gasteiger partial charge in [-0.3, -0.25) is 9.59 Å². The molecule has 0 aliphatic rings. The van der Waals surface area contributed by atoms with Crippen LogP contribution in [0.4, 0.5) is 0 Å². The van der Waals surface area contributed by atoms with Crippen LogP contribution in [0.1, 0.15) is 17.3 Å². The van der Waals surface area contributed by atoms with Crippen molar-refractivity contribution in [2.75, 3.05) is 26.4 Å². The Morgan fingerprint density at radius 3 is 2.61 bits per heavy atom. The van der Waals surface area contributed by atoms with E-state index in [9.17, 15) is 9.59 Å². The Bertz CT molecular complexity index is 418. The molecule has 98 valence electrons.